The molecule has 0 aliphatic heterocycles. The molecule has 1 fully saturated rings. The molecule has 0 spiro atoms. The summed E-state index contributed by atoms with van der Waals surface area (Å²) in [6.45, 7) is 4.51. The highest BCUT2D eigenvalue weighted by atomic mass is 16.3. The minimum absolute atomic E-state index is 0.174. The van der Waals surface area contributed by atoms with Crippen LogP contribution in [-0.4, -0.2) is 17.3 Å². The Balaban J connectivity index is 2.20. The zero-order valence-corrected chi connectivity index (χ0v) is 11.4. The van der Waals surface area contributed by atoms with Gasteiger partial charge in [0.2, 0.25) is 0 Å². The van der Waals surface area contributed by atoms with E-state index in [4.69, 9.17) is 5.73 Å². The second-order valence-electron chi connectivity index (χ2n) is 5.79. The van der Waals surface area contributed by atoms with Crippen molar-refractivity contribution in [2.24, 2.45) is 5.92 Å². The molecule has 1 aliphatic carbocycles. The lowest BCUT2D eigenvalue weighted by atomic mass is 9.77. The molecule has 1 aromatic rings. The van der Waals surface area contributed by atoms with Gasteiger partial charge in [0.05, 0.1) is 23.5 Å². The molecule has 3 heteroatoms. The average molecular weight is 248 g/mol. The van der Waals surface area contributed by atoms with Gasteiger partial charge in [0, 0.05) is 0 Å². The molecule has 0 bridgehead atoms. The molecule has 2 rings (SSSR count). The van der Waals surface area contributed by atoms with Crippen molar-refractivity contribution in [3.05, 3.63) is 23.8 Å². The smallest absolute Gasteiger partial charge is 0.0661 e. The van der Waals surface area contributed by atoms with Crippen LogP contribution in [0.1, 0.15) is 38.2 Å². The molecule has 0 saturated heterocycles. The summed E-state index contributed by atoms with van der Waals surface area (Å²) >= 11 is 0. The maximum Gasteiger partial charge on any atom is 0.0661 e. The molecular formula is C15H24N2O. The van der Waals surface area contributed by atoms with Crippen molar-refractivity contribution in [3.63, 3.8) is 0 Å². The van der Waals surface area contributed by atoms with Crippen molar-refractivity contribution in [2.45, 2.75) is 45.1 Å². The summed E-state index contributed by atoms with van der Waals surface area (Å²) in [7, 11) is 0. The lowest BCUT2D eigenvalue weighted by molar-refractivity contribution is 0.155. The van der Waals surface area contributed by atoms with Crippen LogP contribution >= 0.6 is 0 Å². The number of hydrogen-bond donors (Lipinski definition) is 3. The number of nitrogens with one attached hydrogen (secondary N) is 1. The first-order valence-corrected chi connectivity index (χ1v) is 6.80. The Morgan fingerprint density at radius 1 is 1.39 bits per heavy atom. The molecule has 1 aliphatic rings. The van der Waals surface area contributed by atoms with Crippen LogP contribution in [0.2, 0.25) is 0 Å². The highest BCUT2D eigenvalue weighted by molar-refractivity contribution is 5.70. The molecule has 0 radical (unpaired) electrons. The van der Waals surface area contributed by atoms with Crippen molar-refractivity contribution < 1.29 is 5.11 Å². The highest BCUT2D eigenvalue weighted by Gasteiger charge is 2.34. The Morgan fingerprint density at radius 2 is 2.06 bits per heavy atom. The van der Waals surface area contributed by atoms with Gasteiger partial charge in [0.15, 0.2) is 0 Å². The topological polar surface area (TPSA) is 58.3 Å². The predicted molar refractivity (Wildman–Crippen MR) is 76.7 cm³/mol. The van der Waals surface area contributed by atoms with E-state index in [1.165, 1.54) is 12.8 Å². The van der Waals surface area contributed by atoms with Crippen LogP contribution in [0.25, 0.3) is 0 Å². The summed E-state index contributed by atoms with van der Waals surface area (Å²) in [6.07, 6.45) is 4.36. The first kappa shape index (κ1) is 13.2. The summed E-state index contributed by atoms with van der Waals surface area (Å²) in [4.78, 5) is 0. The van der Waals surface area contributed by atoms with Crippen LogP contribution in [0, 0.1) is 12.8 Å². The number of anilines is 2. The molecule has 0 heterocycles. The Bertz CT molecular complexity index is 389. The largest absolute Gasteiger partial charge is 0.397 e. The molecule has 4 N–H and O–H groups in total. The lowest BCUT2D eigenvalue weighted by Crippen LogP contribution is -2.45. The van der Waals surface area contributed by atoms with Gasteiger partial charge in [-0.25, -0.2) is 0 Å². The molecule has 3 nitrogen and oxygen atoms in total. The third kappa shape index (κ3) is 2.61. The second kappa shape index (κ2) is 5.19. The number of aliphatic hydroxyl groups excluding tert-OH is 1. The van der Waals surface area contributed by atoms with E-state index < -0.39 is 0 Å². The molecule has 100 valence electrons. The van der Waals surface area contributed by atoms with E-state index in [1.807, 2.05) is 12.1 Å². The van der Waals surface area contributed by atoms with Gasteiger partial charge < -0.3 is 16.2 Å². The average Bonchev–Trinajstić information content (AvgIpc) is 2.37. The number of para-hydroxylation sites is 1. The number of aliphatic hydroxyl groups is 1. The lowest BCUT2D eigenvalue weighted by Gasteiger charge is -2.40. The molecule has 18 heavy (non-hydrogen) atoms. The van der Waals surface area contributed by atoms with Gasteiger partial charge in [-0.3, -0.25) is 0 Å². The molecule has 0 amide bonds. The van der Waals surface area contributed by atoms with Gasteiger partial charge in [-0.2, -0.15) is 0 Å². The third-order valence-corrected chi connectivity index (χ3v) is 4.23. The fraction of sp³-hybridized carbons (Fsp3) is 0.600. The van der Waals surface area contributed by atoms with Gasteiger partial charge in [-0.1, -0.05) is 19.1 Å². The SMILES string of the molecule is Cc1cccc(N)c1NC1(CO)CCC(C)CC1. The Morgan fingerprint density at radius 3 is 2.61 bits per heavy atom. The summed E-state index contributed by atoms with van der Waals surface area (Å²) < 4.78 is 0. The zero-order chi connectivity index (χ0) is 13.2. The standard InChI is InChI=1S/C15H24N2O/c1-11-6-8-15(10-18,9-7-11)17-14-12(2)4-3-5-13(14)16/h3-5,11,17-18H,6-10,16H2,1-2H3. The fourth-order valence-electron chi connectivity index (χ4n) is 2.76. The minimum Gasteiger partial charge on any atom is -0.397 e. The van der Waals surface area contributed by atoms with Crippen molar-refractivity contribution in [1.82, 2.24) is 0 Å². The number of hydrogen-bond acceptors (Lipinski definition) is 3. The molecule has 0 unspecified atom stereocenters. The Hall–Kier alpha value is -1.22. The van der Waals surface area contributed by atoms with Crippen LogP contribution in [0.5, 0.6) is 0 Å². The number of rotatable bonds is 3. The molecule has 1 aromatic carbocycles. The van der Waals surface area contributed by atoms with Gasteiger partial charge in [-0.05, 0) is 50.2 Å². The Kier molecular flexibility index (Phi) is 3.81. The first-order valence-electron chi connectivity index (χ1n) is 6.80. The summed E-state index contributed by atoms with van der Waals surface area (Å²) in [5, 5.41) is 13.3. The summed E-state index contributed by atoms with van der Waals surface area (Å²) in [5.41, 5.74) is 8.74. The van der Waals surface area contributed by atoms with Gasteiger partial charge >= 0.3 is 0 Å². The Labute approximate surface area is 109 Å². The summed E-state index contributed by atoms with van der Waals surface area (Å²) in [6, 6.07) is 5.92. The molecular weight excluding hydrogens is 224 g/mol. The van der Waals surface area contributed by atoms with E-state index in [0.717, 1.165) is 35.7 Å². The number of aryl methyl sites for hydroxylation is 1. The minimum atomic E-state index is -0.188. The monoisotopic (exact) mass is 248 g/mol. The molecule has 1 saturated carbocycles. The maximum absolute atomic E-state index is 9.77. The molecule has 0 aromatic heterocycles. The van der Waals surface area contributed by atoms with Gasteiger partial charge in [0.25, 0.3) is 0 Å². The quantitative estimate of drug-likeness (QED) is 0.721. The van der Waals surface area contributed by atoms with Crippen molar-refractivity contribution in [1.29, 1.82) is 0 Å². The van der Waals surface area contributed by atoms with Crippen LogP contribution in [0.3, 0.4) is 0 Å². The van der Waals surface area contributed by atoms with Gasteiger partial charge in [-0.15, -0.1) is 0 Å². The number of nitrogens with two attached hydrogens (primary N) is 1. The zero-order valence-electron chi connectivity index (χ0n) is 11.4. The highest BCUT2D eigenvalue weighted by Crippen LogP contribution is 2.36. The maximum atomic E-state index is 9.77. The van der Waals surface area contributed by atoms with E-state index in [1.54, 1.807) is 0 Å². The van der Waals surface area contributed by atoms with Gasteiger partial charge in [0.1, 0.15) is 0 Å². The fourth-order valence-corrected chi connectivity index (χ4v) is 2.76. The van der Waals surface area contributed by atoms with Crippen molar-refractivity contribution >= 4 is 11.4 Å². The van der Waals surface area contributed by atoms with Crippen LogP contribution in [0.4, 0.5) is 11.4 Å². The number of nitrogen functional groups attached to an aromatic ring is 1. The molecule has 0 atom stereocenters. The van der Waals surface area contributed by atoms with E-state index in [2.05, 4.69) is 25.2 Å². The van der Waals surface area contributed by atoms with Crippen LogP contribution in [0.15, 0.2) is 18.2 Å². The predicted octanol–water partition coefficient (Wildman–Crippen LogP) is 2.93. The van der Waals surface area contributed by atoms with Crippen molar-refractivity contribution in [3.8, 4) is 0 Å². The van der Waals surface area contributed by atoms with Crippen LogP contribution < -0.4 is 11.1 Å². The van der Waals surface area contributed by atoms with E-state index in [0.29, 0.717) is 0 Å². The van der Waals surface area contributed by atoms with E-state index in [9.17, 15) is 5.11 Å². The van der Waals surface area contributed by atoms with Crippen molar-refractivity contribution in [2.75, 3.05) is 17.7 Å². The normalized spacial score (nSPS) is 28.1. The third-order valence-electron chi connectivity index (χ3n) is 4.23. The number of benzene rings is 1. The first-order chi connectivity index (χ1) is 8.56. The van der Waals surface area contributed by atoms with E-state index in [-0.39, 0.29) is 12.1 Å². The van der Waals surface area contributed by atoms with E-state index >= 15 is 0 Å². The van der Waals surface area contributed by atoms with Crippen LogP contribution in [-0.2, 0) is 0 Å². The second-order valence-corrected chi connectivity index (χ2v) is 5.79. The summed E-state index contributed by atoms with van der Waals surface area (Å²) in [5.74, 6) is 0.765.